The van der Waals surface area contributed by atoms with Crippen molar-refractivity contribution in [2.45, 2.75) is 58.9 Å². The van der Waals surface area contributed by atoms with E-state index in [4.69, 9.17) is 0 Å². The molecular formula is C16H27N. The average molecular weight is 233 g/mol. The van der Waals surface area contributed by atoms with Crippen LogP contribution in [0.15, 0.2) is 24.3 Å². The quantitative estimate of drug-likeness (QED) is 0.746. The highest BCUT2D eigenvalue weighted by molar-refractivity contribution is 5.26. The molecule has 0 spiro atoms. The zero-order valence-electron chi connectivity index (χ0n) is 11.8. The molecule has 17 heavy (non-hydrogen) atoms. The Morgan fingerprint density at radius 2 is 1.94 bits per heavy atom. The lowest BCUT2D eigenvalue weighted by Gasteiger charge is -2.15. The maximum Gasteiger partial charge on any atom is 0.00103 e. The molecule has 0 heterocycles. The lowest BCUT2D eigenvalue weighted by molar-refractivity contribution is 0.541. The highest BCUT2D eigenvalue weighted by Gasteiger charge is 2.06. The van der Waals surface area contributed by atoms with E-state index < -0.39 is 0 Å². The molecule has 96 valence electrons. The number of benzene rings is 1. The summed E-state index contributed by atoms with van der Waals surface area (Å²) in [4.78, 5) is 0. The average Bonchev–Trinajstić information content (AvgIpc) is 2.29. The van der Waals surface area contributed by atoms with Gasteiger partial charge >= 0.3 is 0 Å². The molecule has 1 N–H and O–H groups in total. The van der Waals surface area contributed by atoms with E-state index >= 15 is 0 Å². The van der Waals surface area contributed by atoms with Gasteiger partial charge in [-0.1, -0.05) is 58.4 Å². The third-order valence-corrected chi connectivity index (χ3v) is 3.19. The van der Waals surface area contributed by atoms with Gasteiger partial charge in [0.25, 0.3) is 0 Å². The molecule has 1 rings (SSSR count). The summed E-state index contributed by atoms with van der Waals surface area (Å²) in [5, 5.41) is 3.49. The molecule has 1 unspecified atom stereocenters. The van der Waals surface area contributed by atoms with E-state index in [2.05, 4.69) is 57.3 Å². The first-order valence-electron chi connectivity index (χ1n) is 6.95. The first-order chi connectivity index (χ1) is 8.13. The highest BCUT2D eigenvalue weighted by Crippen LogP contribution is 2.20. The molecule has 0 bridgehead atoms. The van der Waals surface area contributed by atoms with Crippen LogP contribution >= 0.6 is 0 Å². The SMILES string of the molecule is CCCc1cccc(C(C)CCNC(C)C)c1. The third-order valence-electron chi connectivity index (χ3n) is 3.19. The van der Waals surface area contributed by atoms with Crippen LogP contribution in [0.2, 0.25) is 0 Å². The largest absolute Gasteiger partial charge is 0.315 e. The van der Waals surface area contributed by atoms with Crippen molar-refractivity contribution >= 4 is 0 Å². The van der Waals surface area contributed by atoms with Crippen molar-refractivity contribution in [3.63, 3.8) is 0 Å². The van der Waals surface area contributed by atoms with E-state index in [0.717, 1.165) is 6.54 Å². The summed E-state index contributed by atoms with van der Waals surface area (Å²) in [7, 11) is 0. The topological polar surface area (TPSA) is 12.0 Å². The Kier molecular flexibility index (Phi) is 6.28. The van der Waals surface area contributed by atoms with Crippen molar-refractivity contribution in [1.29, 1.82) is 0 Å². The standard InChI is InChI=1S/C16H27N/c1-5-7-15-8-6-9-16(12-15)14(4)10-11-17-13(2)3/h6,8-9,12-14,17H,5,7,10-11H2,1-4H3. The van der Waals surface area contributed by atoms with E-state index in [-0.39, 0.29) is 0 Å². The van der Waals surface area contributed by atoms with Gasteiger partial charge in [0.05, 0.1) is 0 Å². The fourth-order valence-electron chi connectivity index (χ4n) is 2.10. The van der Waals surface area contributed by atoms with Gasteiger partial charge in [-0.15, -0.1) is 0 Å². The molecule has 0 radical (unpaired) electrons. The number of rotatable bonds is 7. The molecule has 1 atom stereocenters. The van der Waals surface area contributed by atoms with Crippen LogP contribution in [-0.4, -0.2) is 12.6 Å². The lowest BCUT2D eigenvalue weighted by Crippen LogP contribution is -2.24. The Balaban J connectivity index is 2.50. The molecule has 0 aliphatic rings. The zero-order valence-corrected chi connectivity index (χ0v) is 11.8. The first kappa shape index (κ1) is 14.2. The first-order valence-corrected chi connectivity index (χ1v) is 6.95. The fourth-order valence-corrected chi connectivity index (χ4v) is 2.10. The van der Waals surface area contributed by atoms with E-state index in [1.807, 2.05) is 0 Å². The molecular weight excluding hydrogens is 206 g/mol. The smallest absolute Gasteiger partial charge is 0.00103 e. The molecule has 0 saturated carbocycles. The second-order valence-corrected chi connectivity index (χ2v) is 5.29. The summed E-state index contributed by atoms with van der Waals surface area (Å²) >= 11 is 0. The normalized spacial score (nSPS) is 13.0. The van der Waals surface area contributed by atoms with Crippen LogP contribution in [0.25, 0.3) is 0 Å². The zero-order chi connectivity index (χ0) is 12.7. The van der Waals surface area contributed by atoms with E-state index in [1.54, 1.807) is 0 Å². The second-order valence-electron chi connectivity index (χ2n) is 5.29. The Labute approximate surface area is 107 Å². The van der Waals surface area contributed by atoms with Gasteiger partial charge < -0.3 is 5.32 Å². The molecule has 0 aliphatic carbocycles. The minimum absolute atomic E-state index is 0.591. The highest BCUT2D eigenvalue weighted by atomic mass is 14.9. The van der Waals surface area contributed by atoms with Crippen molar-refractivity contribution in [3.05, 3.63) is 35.4 Å². The molecule has 1 nitrogen and oxygen atoms in total. The lowest BCUT2D eigenvalue weighted by atomic mass is 9.95. The molecule has 1 aromatic rings. The van der Waals surface area contributed by atoms with Gasteiger partial charge in [-0.2, -0.15) is 0 Å². The number of hydrogen-bond donors (Lipinski definition) is 1. The summed E-state index contributed by atoms with van der Waals surface area (Å²) in [5.41, 5.74) is 2.97. The maximum absolute atomic E-state index is 3.49. The molecule has 0 saturated heterocycles. The number of nitrogens with one attached hydrogen (secondary N) is 1. The van der Waals surface area contributed by atoms with Gasteiger partial charge in [0.1, 0.15) is 0 Å². The van der Waals surface area contributed by atoms with Crippen LogP contribution in [0.5, 0.6) is 0 Å². The van der Waals surface area contributed by atoms with Crippen LogP contribution < -0.4 is 5.32 Å². The molecule has 0 fully saturated rings. The van der Waals surface area contributed by atoms with E-state index in [1.165, 1.54) is 30.4 Å². The van der Waals surface area contributed by atoms with Gasteiger partial charge in [0.2, 0.25) is 0 Å². The number of aryl methyl sites for hydroxylation is 1. The van der Waals surface area contributed by atoms with Crippen LogP contribution in [0.4, 0.5) is 0 Å². The Morgan fingerprint density at radius 1 is 1.18 bits per heavy atom. The molecule has 0 aliphatic heterocycles. The molecule has 1 aromatic carbocycles. The van der Waals surface area contributed by atoms with Gasteiger partial charge in [0.15, 0.2) is 0 Å². The molecule has 0 aromatic heterocycles. The Hall–Kier alpha value is -0.820. The summed E-state index contributed by atoms with van der Waals surface area (Å²) < 4.78 is 0. The minimum Gasteiger partial charge on any atom is -0.315 e. The molecule has 0 amide bonds. The van der Waals surface area contributed by atoms with Crippen molar-refractivity contribution in [2.24, 2.45) is 0 Å². The van der Waals surface area contributed by atoms with Gasteiger partial charge in [-0.25, -0.2) is 0 Å². The van der Waals surface area contributed by atoms with Gasteiger partial charge in [0, 0.05) is 6.04 Å². The van der Waals surface area contributed by atoms with Crippen LogP contribution in [-0.2, 0) is 6.42 Å². The second kappa shape index (κ2) is 7.50. The predicted octanol–water partition coefficient (Wildman–Crippen LogP) is 4.13. The van der Waals surface area contributed by atoms with Gasteiger partial charge in [-0.3, -0.25) is 0 Å². The van der Waals surface area contributed by atoms with Crippen LogP contribution in [0.3, 0.4) is 0 Å². The maximum atomic E-state index is 3.49. The number of hydrogen-bond acceptors (Lipinski definition) is 1. The van der Waals surface area contributed by atoms with Crippen LogP contribution in [0.1, 0.15) is 57.6 Å². The summed E-state index contributed by atoms with van der Waals surface area (Å²) in [6, 6.07) is 9.68. The summed E-state index contributed by atoms with van der Waals surface area (Å²) in [6.45, 7) is 10.1. The van der Waals surface area contributed by atoms with E-state index in [9.17, 15) is 0 Å². The van der Waals surface area contributed by atoms with Crippen molar-refractivity contribution in [1.82, 2.24) is 5.32 Å². The summed E-state index contributed by atoms with van der Waals surface area (Å²) in [5.74, 6) is 0.651. The van der Waals surface area contributed by atoms with Gasteiger partial charge in [-0.05, 0) is 36.4 Å². The third kappa shape index (κ3) is 5.36. The summed E-state index contributed by atoms with van der Waals surface area (Å²) in [6.07, 6.45) is 3.64. The monoisotopic (exact) mass is 233 g/mol. The van der Waals surface area contributed by atoms with E-state index in [0.29, 0.717) is 12.0 Å². The Bertz CT molecular complexity index is 317. The predicted molar refractivity (Wildman–Crippen MR) is 76.6 cm³/mol. The molecule has 1 heteroatoms. The Morgan fingerprint density at radius 3 is 2.59 bits per heavy atom. The van der Waals surface area contributed by atoms with Crippen molar-refractivity contribution in [3.8, 4) is 0 Å². The van der Waals surface area contributed by atoms with Crippen molar-refractivity contribution < 1.29 is 0 Å². The van der Waals surface area contributed by atoms with Crippen molar-refractivity contribution in [2.75, 3.05) is 6.54 Å². The minimum atomic E-state index is 0.591. The van der Waals surface area contributed by atoms with Crippen LogP contribution in [0, 0.1) is 0 Å². The fraction of sp³-hybridized carbons (Fsp3) is 0.625.